The third-order valence-electron chi connectivity index (χ3n) is 4.66. The Morgan fingerprint density at radius 1 is 1.35 bits per heavy atom. The second-order valence-corrected chi connectivity index (χ2v) is 6.94. The maximum Gasteiger partial charge on any atom is 0.0408 e. The fraction of sp³-hybridized carbons (Fsp3) is 0.667. The van der Waals surface area contributed by atoms with Crippen LogP contribution < -0.4 is 10.2 Å². The van der Waals surface area contributed by atoms with Crippen molar-refractivity contribution in [1.82, 2.24) is 5.32 Å². The van der Waals surface area contributed by atoms with Gasteiger partial charge < -0.3 is 10.2 Å². The van der Waals surface area contributed by atoms with Crippen LogP contribution in [0.2, 0.25) is 0 Å². The zero-order chi connectivity index (χ0) is 14.9. The van der Waals surface area contributed by atoms with Gasteiger partial charge in [0.05, 0.1) is 0 Å². The molecule has 0 saturated carbocycles. The first kappa shape index (κ1) is 15.4. The van der Waals surface area contributed by atoms with E-state index in [-0.39, 0.29) is 5.54 Å². The van der Waals surface area contributed by atoms with Crippen LogP contribution in [-0.2, 0) is 6.54 Å². The molecule has 0 bridgehead atoms. The zero-order valence-corrected chi connectivity index (χ0v) is 14.0. The molecule has 2 heteroatoms. The maximum atomic E-state index is 3.29. The average molecular weight is 274 g/mol. The minimum absolute atomic E-state index is 0.263. The summed E-state index contributed by atoms with van der Waals surface area (Å²) in [6.07, 6.45) is 2.44. The summed E-state index contributed by atoms with van der Waals surface area (Å²) < 4.78 is 0. The van der Waals surface area contributed by atoms with Crippen LogP contribution in [0.1, 0.15) is 63.1 Å². The Morgan fingerprint density at radius 2 is 2.05 bits per heavy atom. The van der Waals surface area contributed by atoms with Gasteiger partial charge in [0.25, 0.3) is 0 Å². The topological polar surface area (TPSA) is 15.3 Å². The molecule has 0 spiro atoms. The van der Waals surface area contributed by atoms with Crippen molar-refractivity contribution in [3.8, 4) is 0 Å². The number of fused-ring (bicyclic) bond motifs is 1. The maximum absolute atomic E-state index is 3.29. The smallest absolute Gasteiger partial charge is 0.0408 e. The lowest BCUT2D eigenvalue weighted by Crippen LogP contribution is -2.48. The number of nitrogens with one attached hydrogen (secondary N) is 1. The zero-order valence-electron chi connectivity index (χ0n) is 14.0. The first-order valence-corrected chi connectivity index (χ1v) is 7.96. The quantitative estimate of drug-likeness (QED) is 0.884. The van der Waals surface area contributed by atoms with E-state index in [2.05, 4.69) is 57.0 Å². The standard InChI is InChI=1S/C18H30N2/c1-7-8-20-17-9-13(2)15(12-19-6)10-16(17)14(3)11-18(20,4)5/h9-10,14,19H,7-8,11-12H2,1-6H3. The Kier molecular flexibility index (Phi) is 4.43. The van der Waals surface area contributed by atoms with Gasteiger partial charge in [0.2, 0.25) is 0 Å². The van der Waals surface area contributed by atoms with Gasteiger partial charge in [-0.3, -0.25) is 0 Å². The lowest BCUT2D eigenvalue weighted by atomic mass is 9.79. The van der Waals surface area contributed by atoms with Gasteiger partial charge in [-0.2, -0.15) is 0 Å². The molecular formula is C18H30N2. The highest BCUT2D eigenvalue weighted by Crippen LogP contribution is 2.44. The van der Waals surface area contributed by atoms with Crippen molar-refractivity contribution in [3.05, 3.63) is 28.8 Å². The first-order chi connectivity index (χ1) is 9.40. The summed E-state index contributed by atoms with van der Waals surface area (Å²) in [4.78, 5) is 2.62. The fourth-order valence-electron chi connectivity index (χ4n) is 3.71. The second-order valence-electron chi connectivity index (χ2n) is 6.94. The second kappa shape index (κ2) is 5.77. The molecule has 0 amide bonds. The summed E-state index contributed by atoms with van der Waals surface area (Å²) in [5.74, 6) is 0.643. The van der Waals surface area contributed by atoms with E-state index in [0.717, 1.165) is 13.1 Å². The molecule has 1 N–H and O–H groups in total. The third-order valence-corrected chi connectivity index (χ3v) is 4.66. The summed E-state index contributed by atoms with van der Waals surface area (Å²) in [7, 11) is 2.02. The third kappa shape index (κ3) is 2.71. The molecule has 1 heterocycles. The van der Waals surface area contributed by atoms with Crippen LogP contribution in [0, 0.1) is 6.92 Å². The van der Waals surface area contributed by atoms with E-state index in [0.29, 0.717) is 5.92 Å². The van der Waals surface area contributed by atoms with Crippen molar-refractivity contribution in [2.24, 2.45) is 0 Å². The molecular weight excluding hydrogens is 244 g/mol. The van der Waals surface area contributed by atoms with Crippen molar-refractivity contribution in [2.45, 2.75) is 65.5 Å². The average Bonchev–Trinajstić information content (AvgIpc) is 2.36. The van der Waals surface area contributed by atoms with Crippen molar-refractivity contribution in [1.29, 1.82) is 0 Å². The molecule has 1 aromatic rings. The van der Waals surface area contributed by atoms with Gasteiger partial charge in [-0.15, -0.1) is 0 Å². The van der Waals surface area contributed by atoms with Crippen LogP contribution in [0.3, 0.4) is 0 Å². The van der Waals surface area contributed by atoms with Gasteiger partial charge in [-0.05, 0) is 69.3 Å². The van der Waals surface area contributed by atoms with Gasteiger partial charge in [0.1, 0.15) is 0 Å². The molecule has 1 aliphatic heterocycles. The van der Waals surface area contributed by atoms with Crippen molar-refractivity contribution < 1.29 is 0 Å². The summed E-state index contributed by atoms with van der Waals surface area (Å²) in [6, 6.07) is 4.85. The van der Waals surface area contributed by atoms with E-state index in [1.165, 1.54) is 35.2 Å². The monoisotopic (exact) mass is 274 g/mol. The number of nitrogens with zero attached hydrogens (tertiary/aromatic N) is 1. The molecule has 1 aromatic carbocycles. The molecule has 0 aromatic heterocycles. The van der Waals surface area contributed by atoms with E-state index in [4.69, 9.17) is 0 Å². The largest absolute Gasteiger partial charge is 0.366 e. The SMILES string of the molecule is CCCN1c2cc(C)c(CNC)cc2C(C)CC1(C)C. The van der Waals surface area contributed by atoms with Gasteiger partial charge in [0.15, 0.2) is 0 Å². The van der Waals surface area contributed by atoms with E-state index in [9.17, 15) is 0 Å². The van der Waals surface area contributed by atoms with Gasteiger partial charge in [-0.25, -0.2) is 0 Å². The van der Waals surface area contributed by atoms with Crippen LogP contribution in [0.25, 0.3) is 0 Å². The molecule has 0 aliphatic carbocycles. The van der Waals surface area contributed by atoms with Crippen molar-refractivity contribution in [2.75, 3.05) is 18.5 Å². The minimum Gasteiger partial charge on any atom is -0.366 e. The summed E-state index contributed by atoms with van der Waals surface area (Å²) >= 11 is 0. The van der Waals surface area contributed by atoms with Gasteiger partial charge >= 0.3 is 0 Å². The van der Waals surface area contributed by atoms with Crippen molar-refractivity contribution in [3.63, 3.8) is 0 Å². The molecule has 1 atom stereocenters. The molecule has 0 fully saturated rings. The Balaban J connectivity index is 2.51. The van der Waals surface area contributed by atoms with Gasteiger partial charge in [0, 0.05) is 24.3 Å². The number of anilines is 1. The van der Waals surface area contributed by atoms with Gasteiger partial charge in [-0.1, -0.05) is 19.9 Å². The highest BCUT2D eigenvalue weighted by atomic mass is 15.2. The summed E-state index contributed by atoms with van der Waals surface area (Å²) in [5.41, 5.74) is 6.11. The highest BCUT2D eigenvalue weighted by Gasteiger charge is 2.36. The highest BCUT2D eigenvalue weighted by molar-refractivity contribution is 5.62. The Morgan fingerprint density at radius 3 is 2.65 bits per heavy atom. The predicted molar refractivity (Wildman–Crippen MR) is 88.7 cm³/mol. The normalized spacial score (nSPS) is 20.9. The molecule has 1 unspecified atom stereocenters. The van der Waals surface area contributed by atoms with E-state index in [1.54, 1.807) is 0 Å². The van der Waals surface area contributed by atoms with Crippen LogP contribution in [-0.4, -0.2) is 19.1 Å². The molecule has 1 aliphatic rings. The number of rotatable bonds is 4. The van der Waals surface area contributed by atoms with Crippen LogP contribution in [0.4, 0.5) is 5.69 Å². The minimum atomic E-state index is 0.263. The predicted octanol–water partition coefficient (Wildman–Crippen LogP) is 4.22. The molecule has 20 heavy (non-hydrogen) atoms. The Bertz CT molecular complexity index is 477. The Labute approximate surface area is 124 Å². The first-order valence-electron chi connectivity index (χ1n) is 7.96. The number of hydrogen-bond acceptors (Lipinski definition) is 2. The lowest BCUT2D eigenvalue weighted by molar-refractivity contribution is 0.376. The van der Waals surface area contributed by atoms with E-state index >= 15 is 0 Å². The lowest BCUT2D eigenvalue weighted by Gasteiger charge is -2.48. The van der Waals surface area contributed by atoms with Crippen LogP contribution in [0.15, 0.2) is 12.1 Å². The molecule has 0 radical (unpaired) electrons. The van der Waals surface area contributed by atoms with E-state index < -0.39 is 0 Å². The number of aryl methyl sites for hydroxylation is 1. The van der Waals surface area contributed by atoms with Crippen LogP contribution >= 0.6 is 0 Å². The number of hydrogen-bond donors (Lipinski definition) is 1. The summed E-state index contributed by atoms with van der Waals surface area (Å²) in [5, 5.41) is 3.29. The summed E-state index contributed by atoms with van der Waals surface area (Å²) in [6.45, 7) is 13.8. The molecule has 2 nitrogen and oxygen atoms in total. The van der Waals surface area contributed by atoms with Crippen LogP contribution in [0.5, 0.6) is 0 Å². The molecule has 0 saturated heterocycles. The van der Waals surface area contributed by atoms with Crippen molar-refractivity contribution >= 4 is 5.69 Å². The Hall–Kier alpha value is -1.02. The fourth-order valence-corrected chi connectivity index (χ4v) is 3.71. The molecule has 2 rings (SSSR count). The number of benzene rings is 1. The molecule has 112 valence electrons. The van der Waals surface area contributed by atoms with E-state index in [1.807, 2.05) is 7.05 Å².